The summed E-state index contributed by atoms with van der Waals surface area (Å²) in [6, 6.07) is 0. The van der Waals surface area contributed by atoms with Gasteiger partial charge in [0.2, 0.25) is 0 Å². The van der Waals surface area contributed by atoms with Gasteiger partial charge in [-0.2, -0.15) is 5.10 Å². The van der Waals surface area contributed by atoms with E-state index >= 15 is 0 Å². The van der Waals surface area contributed by atoms with Crippen LogP contribution < -0.4 is 5.73 Å². The lowest BCUT2D eigenvalue weighted by molar-refractivity contribution is -0.118. The second kappa shape index (κ2) is 3.30. The number of nitrogens with zero attached hydrogens (tertiary/aromatic N) is 2. The number of hydrogen-bond donors (Lipinski definition) is 1. The van der Waals surface area contributed by atoms with Crippen molar-refractivity contribution in [3.63, 3.8) is 0 Å². The Hall–Kier alpha value is -1.16. The number of carbonyl (C=O) groups excluding carboxylic acids is 1. The van der Waals surface area contributed by atoms with E-state index in [1.165, 1.54) is 0 Å². The molecule has 0 fully saturated rings. The summed E-state index contributed by atoms with van der Waals surface area (Å²) in [6.07, 6.45) is 3.53. The lowest BCUT2D eigenvalue weighted by atomic mass is 10.4. The molecule has 0 bridgehead atoms. The minimum atomic E-state index is -0.00639. The Morgan fingerprint density at radius 2 is 2.55 bits per heavy atom. The van der Waals surface area contributed by atoms with E-state index in [9.17, 15) is 4.79 Å². The quantitative estimate of drug-likeness (QED) is 0.649. The van der Waals surface area contributed by atoms with Crippen LogP contribution in [-0.2, 0) is 11.3 Å². The second-order valence-corrected chi connectivity index (χ2v) is 2.46. The molecule has 0 saturated carbocycles. The van der Waals surface area contributed by atoms with E-state index in [-0.39, 0.29) is 18.9 Å². The number of ketones is 1. The number of carbonyl (C=O) groups is 1. The molecule has 4 heteroatoms. The van der Waals surface area contributed by atoms with Gasteiger partial charge in [-0.1, -0.05) is 0 Å². The predicted molar refractivity (Wildman–Crippen MR) is 41.0 cm³/mol. The van der Waals surface area contributed by atoms with Crippen molar-refractivity contribution in [3.8, 4) is 0 Å². The fourth-order valence-electron chi connectivity index (χ4n) is 0.799. The van der Waals surface area contributed by atoms with E-state index in [0.717, 1.165) is 5.56 Å². The molecule has 1 aromatic heterocycles. The standard InChI is InChI=1S/C7H11N3O/c1-6-3-9-10(4-6)5-7(11)2-8/h3-4H,2,5,8H2,1H3. The Morgan fingerprint density at radius 3 is 3.00 bits per heavy atom. The van der Waals surface area contributed by atoms with Gasteiger partial charge >= 0.3 is 0 Å². The monoisotopic (exact) mass is 153 g/mol. The van der Waals surface area contributed by atoms with E-state index in [1.54, 1.807) is 10.9 Å². The van der Waals surface area contributed by atoms with Crippen molar-refractivity contribution < 1.29 is 4.79 Å². The summed E-state index contributed by atoms with van der Waals surface area (Å²) < 4.78 is 1.59. The third-order valence-electron chi connectivity index (χ3n) is 1.33. The van der Waals surface area contributed by atoms with Gasteiger partial charge < -0.3 is 5.73 Å². The normalized spacial score (nSPS) is 10.0. The van der Waals surface area contributed by atoms with Gasteiger partial charge in [0.1, 0.15) is 6.54 Å². The first-order valence-corrected chi connectivity index (χ1v) is 3.43. The molecule has 11 heavy (non-hydrogen) atoms. The zero-order chi connectivity index (χ0) is 8.27. The maximum Gasteiger partial charge on any atom is 0.167 e. The molecule has 1 heterocycles. The molecule has 0 spiro atoms. The van der Waals surface area contributed by atoms with Crippen LogP contribution in [0.2, 0.25) is 0 Å². The summed E-state index contributed by atoms with van der Waals surface area (Å²) in [6.45, 7) is 2.29. The third kappa shape index (κ3) is 2.16. The molecule has 0 radical (unpaired) electrons. The number of Topliss-reactive ketones (excluding diaryl/α,β-unsaturated/α-hetero) is 1. The number of nitrogens with two attached hydrogens (primary N) is 1. The van der Waals surface area contributed by atoms with Gasteiger partial charge in [0.25, 0.3) is 0 Å². The highest BCUT2D eigenvalue weighted by atomic mass is 16.1. The molecule has 60 valence electrons. The zero-order valence-corrected chi connectivity index (χ0v) is 6.45. The Balaban J connectivity index is 2.57. The number of rotatable bonds is 3. The molecule has 4 nitrogen and oxygen atoms in total. The number of hydrogen-bond acceptors (Lipinski definition) is 3. The molecular weight excluding hydrogens is 142 g/mol. The summed E-state index contributed by atoms with van der Waals surface area (Å²) in [5, 5.41) is 3.94. The van der Waals surface area contributed by atoms with Crippen LogP contribution in [-0.4, -0.2) is 22.1 Å². The molecule has 0 aliphatic rings. The minimum absolute atomic E-state index is 0.00639. The van der Waals surface area contributed by atoms with Crippen LogP contribution >= 0.6 is 0 Å². The highest BCUT2D eigenvalue weighted by molar-refractivity contribution is 5.79. The number of aromatic nitrogens is 2. The van der Waals surface area contributed by atoms with E-state index in [4.69, 9.17) is 5.73 Å². The van der Waals surface area contributed by atoms with Crippen molar-refractivity contribution in [3.05, 3.63) is 18.0 Å². The highest BCUT2D eigenvalue weighted by Crippen LogP contribution is 1.93. The molecule has 0 atom stereocenters. The first kappa shape index (κ1) is 7.94. The lowest BCUT2D eigenvalue weighted by Crippen LogP contribution is -2.19. The number of aryl methyl sites for hydroxylation is 1. The average molecular weight is 153 g/mol. The molecular formula is C7H11N3O. The Kier molecular flexibility index (Phi) is 2.38. The third-order valence-corrected chi connectivity index (χ3v) is 1.33. The second-order valence-electron chi connectivity index (χ2n) is 2.46. The molecule has 0 aliphatic carbocycles. The maximum absolute atomic E-state index is 10.8. The smallest absolute Gasteiger partial charge is 0.167 e. The summed E-state index contributed by atoms with van der Waals surface area (Å²) in [7, 11) is 0. The van der Waals surface area contributed by atoms with Gasteiger partial charge in [-0.25, -0.2) is 0 Å². The van der Waals surface area contributed by atoms with E-state index in [1.807, 2.05) is 13.1 Å². The Morgan fingerprint density at radius 1 is 1.82 bits per heavy atom. The van der Waals surface area contributed by atoms with E-state index < -0.39 is 0 Å². The van der Waals surface area contributed by atoms with E-state index in [2.05, 4.69) is 5.10 Å². The molecule has 1 rings (SSSR count). The first-order valence-electron chi connectivity index (χ1n) is 3.43. The Labute approximate surface area is 65.0 Å². The first-order chi connectivity index (χ1) is 5.22. The van der Waals surface area contributed by atoms with Gasteiger partial charge in [0, 0.05) is 6.20 Å². The van der Waals surface area contributed by atoms with Crippen LogP contribution in [0, 0.1) is 6.92 Å². The topological polar surface area (TPSA) is 60.9 Å². The Bertz CT molecular complexity index is 254. The van der Waals surface area contributed by atoms with Crippen LogP contribution in [0.1, 0.15) is 5.56 Å². The van der Waals surface area contributed by atoms with Crippen LogP contribution in [0.15, 0.2) is 12.4 Å². The fraction of sp³-hybridized carbons (Fsp3) is 0.429. The van der Waals surface area contributed by atoms with Gasteiger partial charge in [-0.15, -0.1) is 0 Å². The van der Waals surface area contributed by atoms with Gasteiger partial charge in [0.15, 0.2) is 5.78 Å². The largest absolute Gasteiger partial charge is 0.324 e. The van der Waals surface area contributed by atoms with Gasteiger partial charge in [-0.3, -0.25) is 9.48 Å². The fourth-order valence-corrected chi connectivity index (χ4v) is 0.799. The van der Waals surface area contributed by atoms with Gasteiger partial charge in [0.05, 0.1) is 12.7 Å². The van der Waals surface area contributed by atoms with Crippen LogP contribution in [0.5, 0.6) is 0 Å². The zero-order valence-electron chi connectivity index (χ0n) is 6.45. The molecule has 0 aromatic carbocycles. The van der Waals surface area contributed by atoms with E-state index in [0.29, 0.717) is 0 Å². The van der Waals surface area contributed by atoms with Crippen LogP contribution in [0.25, 0.3) is 0 Å². The van der Waals surface area contributed by atoms with Crippen molar-refractivity contribution in [1.29, 1.82) is 0 Å². The van der Waals surface area contributed by atoms with Crippen molar-refractivity contribution in [1.82, 2.24) is 9.78 Å². The SMILES string of the molecule is Cc1cnn(CC(=O)CN)c1. The molecule has 0 unspecified atom stereocenters. The van der Waals surface area contributed by atoms with Crippen LogP contribution in [0.4, 0.5) is 0 Å². The summed E-state index contributed by atoms with van der Waals surface area (Å²) in [4.78, 5) is 10.8. The molecule has 2 N–H and O–H groups in total. The van der Waals surface area contributed by atoms with Crippen molar-refractivity contribution in [2.24, 2.45) is 5.73 Å². The van der Waals surface area contributed by atoms with Gasteiger partial charge in [-0.05, 0) is 12.5 Å². The molecule has 1 aromatic rings. The van der Waals surface area contributed by atoms with Crippen molar-refractivity contribution in [2.45, 2.75) is 13.5 Å². The highest BCUT2D eigenvalue weighted by Gasteiger charge is 1.99. The summed E-state index contributed by atoms with van der Waals surface area (Å²) in [5.41, 5.74) is 6.19. The van der Waals surface area contributed by atoms with Crippen LogP contribution in [0.3, 0.4) is 0 Å². The van der Waals surface area contributed by atoms with Crippen molar-refractivity contribution in [2.75, 3.05) is 6.54 Å². The average Bonchev–Trinajstić information content (AvgIpc) is 2.35. The predicted octanol–water partition coefficient (Wildman–Crippen LogP) is -0.281. The molecule has 0 amide bonds. The maximum atomic E-state index is 10.8. The minimum Gasteiger partial charge on any atom is -0.324 e. The summed E-state index contributed by atoms with van der Waals surface area (Å²) >= 11 is 0. The molecule has 0 aliphatic heterocycles. The lowest BCUT2D eigenvalue weighted by Gasteiger charge is -1.96. The molecule has 0 saturated heterocycles. The summed E-state index contributed by atoms with van der Waals surface area (Å²) in [5.74, 6) is -0.00639. The van der Waals surface area contributed by atoms with Crippen molar-refractivity contribution >= 4 is 5.78 Å².